The third kappa shape index (κ3) is 1.97. The molecule has 1 aromatic carbocycles. The molecule has 0 bridgehead atoms. The van der Waals surface area contributed by atoms with Gasteiger partial charge >= 0.3 is 0 Å². The second-order valence-electron chi connectivity index (χ2n) is 4.75. The molecule has 1 saturated carbocycles. The quantitative estimate of drug-likeness (QED) is 0.858. The van der Waals surface area contributed by atoms with Crippen molar-refractivity contribution in [2.45, 2.75) is 31.1 Å². The van der Waals surface area contributed by atoms with Crippen LogP contribution in [-0.2, 0) is 5.41 Å². The molecule has 0 amide bonds. The van der Waals surface area contributed by atoms with Crippen molar-refractivity contribution in [2.24, 2.45) is 5.73 Å². The van der Waals surface area contributed by atoms with E-state index in [9.17, 15) is 8.78 Å². The van der Waals surface area contributed by atoms with Crippen LogP contribution in [0.5, 0.6) is 5.75 Å². The van der Waals surface area contributed by atoms with Gasteiger partial charge in [-0.2, -0.15) is 0 Å². The molecule has 0 aromatic heterocycles. The summed E-state index contributed by atoms with van der Waals surface area (Å²) in [4.78, 5) is 0. The average molecular weight is 276 g/mol. The van der Waals surface area contributed by atoms with Crippen LogP contribution in [0.15, 0.2) is 6.07 Å². The lowest BCUT2D eigenvalue weighted by Gasteiger charge is -2.30. The molecule has 0 spiro atoms. The van der Waals surface area contributed by atoms with Gasteiger partial charge in [-0.15, -0.1) is 0 Å². The van der Waals surface area contributed by atoms with E-state index in [2.05, 4.69) is 0 Å². The van der Waals surface area contributed by atoms with E-state index in [4.69, 9.17) is 22.1 Å². The summed E-state index contributed by atoms with van der Waals surface area (Å²) in [6.07, 6.45) is 3.37. The summed E-state index contributed by atoms with van der Waals surface area (Å²) in [5.74, 6) is -1.31. The van der Waals surface area contributed by atoms with Gasteiger partial charge in [-0.3, -0.25) is 0 Å². The third-order valence-corrected chi connectivity index (χ3v) is 4.09. The number of methoxy groups -OCH3 is 1. The Labute approximate surface area is 110 Å². The molecule has 0 saturated heterocycles. The molecule has 1 aromatic rings. The molecule has 2 nitrogen and oxygen atoms in total. The van der Waals surface area contributed by atoms with Crippen LogP contribution in [0.4, 0.5) is 8.78 Å². The first-order valence-corrected chi connectivity index (χ1v) is 6.35. The Bertz CT molecular complexity index is 459. The monoisotopic (exact) mass is 275 g/mol. The zero-order valence-electron chi connectivity index (χ0n) is 10.2. The van der Waals surface area contributed by atoms with E-state index in [0.29, 0.717) is 0 Å². The van der Waals surface area contributed by atoms with Crippen molar-refractivity contribution in [1.29, 1.82) is 0 Å². The molecule has 1 aliphatic rings. The van der Waals surface area contributed by atoms with Crippen molar-refractivity contribution in [3.05, 3.63) is 28.3 Å². The van der Waals surface area contributed by atoms with Gasteiger partial charge in [0.15, 0.2) is 11.6 Å². The highest BCUT2D eigenvalue weighted by Crippen LogP contribution is 2.47. The van der Waals surface area contributed by atoms with Crippen LogP contribution in [0.1, 0.15) is 31.2 Å². The van der Waals surface area contributed by atoms with Gasteiger partial charge < -0.3 is 10.5 Å². The van der Waals surface area contributed by atoms with E-state index in [1.165, 1.54) is 7.11 Å². The number of ether oxygens (including phenoxy) is 1. The van der Waals surface area contributed by atoms with Crippen LogP contribution < -0.4 is 10.5 Å². The van der Waals surface area contributed by atoms with Crippen LogP contribution in [0.3, 0.4) is 0 Å². The summed E-state index contributed by atoms with van der Waals surface area (Å²) in [6, 6.07) is 0.943. The van der Waals surface area contributed by atoms with Crippen LogP contribution in [0.25, 0.3) is 0 Å². The fraction of sp³-hybridized carbons (Fsp3) is 0.538. The van der Waals surface area contributed by atoms with Gasteiger partial charge in [0, 0.05) is 17.5 Å². The second-order valence-corrected chi connectivity index (χ2v) is 5.16. The SMILES string of the molecule is COc1c(F)cc(Cl)c(F)c1C1(CN)CCCC1. The zero-order valence-corrected chi connectivity index (χ0v) is 11.0. The van der Waals surface area contributed by atoms with Gasteiger partial charge in [0.2, 0.25) is 0 Å². The standard InChI is InChI=1S/C13H16ClF2NO/c1-18-12-9(15)6-8(14)11(16)10(12)13(7-17)4-2-3-5-13/h6H,2-5,7,17H2,1H3. The zero-order chi connectivity index (χ0) is 13.3. The Morgan fingerprint density at radius 1 is 1.39 bits per heavy atom. The maximum absolute atomic E-state index is 14.3. The van der Waals surface area contributed by atoms with Crippen molar-refractivity contribution >= 4 is 11.6 Å². The average Bonchev–Trinajstić information content (AvgIpc) is 2.83. The number of nitrogens with two attached hydrogens (primary N) is 1. The Balaban J connectivity index is 2.67. The number of halogens is 3. The lowest BCUT2D eigenvalue weighted by atomic mass is 9.78. The van der Waals surface area contributed by atoms with Gasteiger partial charge in [0.05, 0.1) is 12.1 Å². The predicted molar refractivity (Wildman–Crippen MR) is 67.1 cm³/mol. The number of hydrogen-bond acceptors (Lipinski definition) is 2. The lowest BCUT2D eigenvalue weighted by molar-refractivity contribution is 0.344. The Morgan fingerprint density at radius 3 is 2.50 bits per heavy atom. The molecule has 100 valence electrons. The Hall–Kier alpha value is -0.870. The third-order valence-electron chi connectivity index (χ3n) is 3.81. The highest BCUT2D eigenvalue weighted by Gasteiger charge is 2.40. The molecule has 1 aliphatic carbocycles. The molecule has 2 rings (SSSR count). The maximum Gasteiger partial charge on any atom is 0.167 e. The molecule has 1 fully saturated rings. The molecule has 18 heavy (non-hydrogen) atoms. The van der Waals surface area contributed by atoms with E-state index in [0.717, 1.165) is 31.7 Å². The predicted octanol–water partition coefficient (Wildman–Crippen LogP) is 3.40. The second kappa shape index (κ2) is 5.02. The summed E-state index contributed by atoms with van der Waals surface area (Å²) in [7, 11) is 1.33. The van der Waals surface area contributed by atoms with E-state index in [1.54, 1.807) is 0 Å². The minimum atomic E-state index is -0.640. The van der Waals surface area contributed by atoms with E-state index in [-0.39, 0.29) is 22.9 Å². The van der Waals surface area contributed by atoms with E-state index < -0.39 is 17.0 Å². The first-order chi connectivity index (χ1) is 8.55. The highest BCUT2D eigenvalue weighted by atomic mass is 35.5. The molecule has 0 radical (unpaired) electrons. The first-order valence-electron chi connectivity index (χ1n) is 5.98. The first kappa shape index (κ1) is 13.6. The fourth-order valence-electron chi connectivity index (χ4n) is 2.86. The fourth-order valence-corrected chi connectivity index (χ4v) is 3.05. The van der Waals surface area contributed by atoms with Gasteiger partial charge in [-0.05, 0) is 18.9 Å². The van der Waals surface area contributed by atoms with Crippen molar-refractivity contribution in [2.75, 3.05) is 13.7 Å². The van der Waals surface area contributed by atoms with Crippen LogP contribution in [0, 0.1) is 11.6 Å². The summed E-state index contributed by atoms with van der Waals surface area (Å²) in [6.45, 7) is 0.264. The number of hydrogen-bond donors (Lipinski definition) is 1. The molecule has 2 N–H and O–H groups in total. The molecule has 0 unspecified atom stereocenters. The van der Waals surface area contributed by atoms with E-state index in [1.807, 2.05) is 0 Å². The minimum absolute atomic E-state index is 0.0655. The summed E-state index contributed by atoms with van der Waals surface area (Å²) in [5.41, 5.74) is 5.46. The van der Waals surface area contributed by atoms with Crippen molar-refractivity contribution < 1.29 is 13.5 Å². The minimum Gasteiger partial charge on any atom is -0.493 e. The Morgan fingerprint density at radius 2 is 2.00 bits per heavy atom. The van der Waals surface area contributed by atoms with Gasteiger partial charge in [0.1, 0.15) is 5.82 Å². The Kier molecular flexibility index (Phi) is 3.78. The molecular weight excluding hydrogens is 260 g/mol. The summed E-state index contributed by atoms with van der Waals surface area (Å²) < 4.78 is 33.1. The van der Waals surface area contributed by atoms with Crippen LogP contribution in [0.2, 0.25) is 5.02 Å². The molecule has 0 heterocycles. The van der Waals surface area contributed by atoms with Crippen molar-refractivity contribution in [1.82, 2.24) is 0 Å². The normalized spacial score (nSPS) is 18.1. The lowest BCUT2D eigenvalue weighted by Crippen LogP contribution is -2.34. The highest BCUT2D eigenvalue weighted by molar-refractivity contribution is 6.30. The molecule has 0 aliphatic heterocycles. The molecule has 0 atom stereocenters. The smallest absolute Gasteiger partial charge is 0.167 e. The molecule has 5 heteroatoms. The molecular formula is C13H16ClF2NO. The largest absolute Gasteiger partial charge is 0.493 e. The number of rotatable bonds is 3. The van der Waals surface area contributed by atoms with Gasteiger partial charge in [0.25, 0.3) is 0 Å². The number of benzene rings is 1. The summed E-state index contributed by atoms with van der Waals surface area (Å²) >= 11 is 5.73. The van der Waals surface area contributed by atoms with Crippen molar-refractivity contribution in [3.8, 4) is 5.75 Å². The summed E-state index contributed by atoms with van der Waals surface area (Å²) in [5, 5.41) is -0.219. The topological polar surface area (TPSA) is 35.2 Å². The van der Waals surface area contributed by atoms with Crippen molar-refractivity contribution in [3.63, 3.8) is 0 Å². The maximum atomic E-state index is 14.3. The van der Waals surface area contributed by atoms with Crippen LogP contribution in [-0.4, -0.2) is 13.7 Å². The van der Waals surface area contributed by atoms with Gasteiger partial charge in [-0.1, -0.05) is 24.4 Å². The van der Waals surface area contributed by atoms with E-state index >= 15 is 0 Å². The van der Waals surface area contributed by atoms with Crippen LogP contribution >= 0.6 is 11.6 Å². The van der Waals surface area contributed by atoms with Gasteiger partial charge in [-0.25, -0.2) is 8.78 Å².